The van der Waals surface area contributed by atoms with Crippen LogP contribution in [0.2, 0.25) is 0 Å². The van der Waals surface area contributed by atoms with E-state index in [0.29, 0.717) is 18.3 Å². The molecule has 0 aromatic carbocycles. The Morgan fingerprint density at radius 2 is 2.07 bits per heavy atom. The molecule has 2 saturated carbocycles. The summed E-state index contributed by atoms with van der Waals surface area (Å²) in [7, 11) is 0. The highest BCUT2D eigenvalue weighted by atomic mass is 32.1. The number of thiophene rings is 1. The van der Waals surface area contributed by atoms with Gasteiger partial charge in [0, 0.05) is 35.7 Å². The van der Waals surface area contributed by atoms with Gasteiger partial charge in [0.2, 0.25) is 11.8 Å². The van der Waals surface area contributed by atoms with Crippen LogP contribution in [0.25, 0.3) is 10.2 Å². The van der Waals surface area contributed by atoms with Crippen molar-refractivity contribution in [2.45, 2.75) is 62.5 Å². The van der Waals surface area contributed by atoms with Gasteiger partial charge < -0.3 is 10.5 Å². The number of amides is 1. The molecule has 9 heteroatoms. The topological polar surface area (TPSA) is 81.3 Å². The van der Waals surface area contributed by atoms with Crippen molar-refractivity contribution in [3.05, 3.63) is 16.8 Å². The van der Waals surface area contributed by atoms with Crippen LogP contribution in [0.1, 0.15) is 48.5 Å². The average molecular weight is 435 g/mol. The zero-order valence-electron chi connectivity index (χ0n) is 16.5. The summed E-state index contributed by atoms with van der Waals surface area (Å²) in [6, 6.07) is 0.220. The van der Waals surface area contributed by atoms with Gasteiger partial charge in [0.15, 0.2) is 0 Å². The van der Waals surface area contributed by atoms with Crippen LogP contribution in [0.4, 0.5) is 8.78 Å². The molecule has 3 fully saturated rings. The van der Waals surface area contributed by atoms with Crippen molar-refractivity contribution in [1.82, 2.24) is 14.9 Å². The van der Waals surface area contributed by atoms with Crippen LogP contribution in [0.5, 0.6) is 5.88 Å². The summed E-state index contributed by atoms with van der Waals surface area (Å²) in [6.07, 6.45) is 5.83. The molecule has 0 spiro atoms. The van der Waals surface area contributed by atoms with Gasteiger partial charge >= 0.3 is 0 Å². The standard InChI is InChI=1S/C21H24F2N4O2S/c22-21(23)5-6-27(8-21)10-1-3-11(4-2-10)29-19-17-16-13(30-20(17)26-9-25-19)7-12-14(16)15(12)18(24)28/h9-12,14-15H,1-8H2,(H2,24,28)/t10?,11?,12-,14+,15+/m0/s1. The van der Waals surface area contributed by atoms with Gasteiger partial charge in [-0.3, -0.25) is 9.69 Å². The van der Waals surface area contributed by atoms with Crippen LogP contribution in [0.15, 0.2) is 6.33 Å². The van der Waals surface area contributed by atoms with E-state index in [4.69, 9.17) is 10.5 Å². The van der Waals surface area contributed by atoms with Crippen molar-refractivity contribution in [3.8, 4) is 5.88 Å². The SMILES string of the molecule is NC(=O)[C@@H]1[C@H]2Cc3sc4ncnc(OC5CCC(N6CCC(F)(F)C6)CC5)c4c3[C@H]21. The van der Waals surface area contributed by atoms with Crippen LogP contribution >= 0.6 is 11.3 Å². The lowest BCUT2D eigenvalue weighted by Crippen LogP contribution is -2.40. The first-order chi connectivity index (χ1) is 14.4. The fourth-order valence-electron chi connectivity index (χ4n) is 5.95. The molecule has 3 aliphatic carbocycles. The van der Waals surface area contributed by atoms with E-state index >= 15 is 0 Å². The summed E-state index contributed by atoms with van der Waals surface area (Å²) in [6.45, 7) is 0.376. The molecule has 160 valence electrons. The first-order valence-corrected chi connectivity index (χ1v) is 11.6. The van der Waals surface area contributed by atoms with Crippen molar-refractivity contribution < 1.29 is 18.3 Å². The van der Waals surface area contributed by atoms with Gasteiger partial charge in [-0.05, 0) is 43.6 Å². The monoisotopic (exact) mass is 434 g/mol. The molecule has 1 saturated heterocycles. The normalized spacial score (nSPS) is 34.7. The third-order valence-corrected chi connectivity index (χ3v) is 8.59. The second-order valence-corrected chi connectivity index (χ2v) is 10.3. The largest absolute Gasteiger partial charge is 0.474 e. The second-order valence-electron chi connectivity index (χ2n) is 9.24. The van der Waals surface area contributed by atoms with Gasteiger partial charge in [-0.1, -0.05) is 0 Å². The molecule has 3 heterocycles. The second kappa shape index (κ2) is 6.56. The number of nitrogens with zero attached hydrogens (tertiary/aromatic N) is 3. The van der Waals surface area contributed by atoms with Crippen molar-refractivity contribution in [2.75, 3.05) is 13.1 Å². The third-order valence-electron chi connectivity index (χ3n) is 7.46. The van der Waals surface area contributed by atoms with E-state index in [1.165, 1.54) is 16.8 Å². The Balaban J connectivity index is 1.18. The number of ether oxygens (including phenoxy) is 1. The molecule has 2 aromatic rings. The molecular weight excluding hydrogens is 410 g/mol. The quantitative estimate of drug-likeness (QED) is 0.800. The van der Waals surface area contributed by atoms with E-state index < -0.39 is 5.92 Å². The number of carbonyl (C=O) groups is 1. The first-order valence-electron chi connectivity index (χ1n) is 10.8. The van der Waals surface area contributed by atoms with Gasteiger partial charge in [0.25, 0.3) is 5.92 Å². The minimum absolute atomic E-state index is 0.0277. The van der Waals surface area contributed by atoms with E-state index in [1.54, 1.807) is 11.3 Å². The predicted octanol–water partition coefficient (Wildman–Crippen LogP) is 3.09. The molecule has 0 unspecified atom stereocenters. The highest BCUT2D eigenvalue weighted by Crippen LogP contribution is 2.65. The van der Waals surface area contributed by atoms with E-state index in [-0.39, 0.29) is 42.9 Å². The summed E-state index contributed by atoms with van der Waals surface area (Å²) in [5, 5.41) is 0.954. The Hall–Kier alpha value is -1.87. The number of rotatable bonds is 4. The molecule has 30 heavy (non-hydrogen) atoms. The van der Waals surface area contributed by atoms with E-state index in [0.717, 1.165) is 42.3 Å². The third kappa shape index (κ3) is 2.92. The van der Waals surface area contributed by atoms with Gasteiger partial charge in [0.05, 0.1) is 11.9 Å². The van der Waals surface area contributed by atoms with Crippen LogP contribution in [-0.4, -0.2) is 51.9 Å². The molecule has 1 aliphatic heterocycles. The number of carbonyl (C=O) groups excluding carboxylic acids is 1. The maximum atomic E-state index is 13.5. The number of alkyl halides is 2. The number of hydrogen-bond acceptors (Lipinski definition) is 6. The lowest BCUT2D eigenvalue weighted by Gasteiger charge is -2.34. The Kier molecular flexibility index (Phi) is 4.13. The molecule has 6 nitrogen and oxygen atoms in total. The highest BCUT2D eigenvalue weighted by Gasteiger charge is 2.60. The van der Waals surface area contributed by atoms with Crippen LogP contribution in [-0.2, 0) is 11.2 Å². The van der Waals surface area contributed by atoms with Crippen molar-refractivity contribution >= 4 is 27.5 Å². The Morgan fingerprint density at radius 1 is 1.27 bits per heavy atom. The number of likely N-dealkylation sites (tertiary alicyclic amines) is 1. The van der Waals surface area contributed by atoms with Gasteiger partial charge in [-0.15, -0.1) is 11.3 Å². The first kappa shape index (κ1) is 18.9. The van der Waals surface area contributed by atoms with Crippen LogP contribution in [0.3, 0.4) is 0 Å². The van der Waals surface area contributed by atoms with Crippen LogP contribution in [0, 0.1) is 11.8 Å². The molecule has 1 amide bonds. The molecule has 2 N–H and O–H groups in total. The average Bonchev–Trinajstić information content (AvgIpc) is 2.98. The summed E-state index contributed by atoms with van der Waals surface area (Å²) in [5.74, 6) is -1.72. The minimum Gasteiger partial charge on any atom is -0.474 e. The molecule has 3 atom stereocenters. The van der Waals surface area contributed by atoms with Gasteiger partial charge in [0.1, 0.15) is 17.3 Å². The molecule has 0 bridgehead atoms. The molecule has 2 aromatic heterocycles. The summed E-state index contributed by atoms with van der Waals surface area (Å²) in [4.78, 5) is 24.7. The lowest BCUT2D eigenvalue weighted by atomic mass is 9.92. The Bertz CT molecular complexity index is 1020. The predicted molar refractivity (Wildman–Crippen MR) is 108 cm³/mol. The van der Waals surface area contributed by atoms with E-state index in [9.17, 15) is 13.6 Å². The Labute approximate surface area is 176 Å². The Morgan fingerprint density at radius 3 is 2.77 bits per heavy atom. The minimum atomic E-state index is -2.54. The smallest absolute Gasteiger partial charge is 0.261 e. The van der Waals surface area contributed by atoms with Gasteiger partial charge in [-0.2, -0.15) is 0 Å². The lowest BCUT2D eigenvalue weighted by molar-refractivity contribution is -0.119. The zero-order chi connectivity index (χ0) is 20.6. The number of primary amides is 1. The van der Waals surface area contributed by atoms with E-state index in [1.807, 2.05) is 4.90 Å². The van der Waals surface area contributed by atoms with Crippen LogP contribution < -0.4 is 10.5 Å². The molecule has 4 aliphatic rings. The fourth-order valence-corrected chi connectivity index (χ4v) is 7.21. The summed E-state index contributed by atoms with van der Waals surface area (Å²) < 4.78 is 33.4. The molecule has 0 radical (unpaired) electrons. The maximum Gasteiger partial charge on any atom is 0.261 e. The zero-order valence-corrected chi connectivity index (χ0v) is 17.3. The summed E-state index contributed by atoms with van der Waals surface area (Å²) >= 11 is 1.67. The van der Waals surface area contributed by atoms with Gasteiger partial charge in [-0.25, -0.2) is 18.7 Å². The van der Waals surface area contributed by atoms with E-state index in [2.05, 4.69) is 9.97 Å². The maximum absolute atomic E-state index is 13.5. The number of hydrogen-bond donors (Lipinski definition) is 1. The van der Waals surface area contributed by atoms with Crippen molar-refractivity contribution in [2.24, 2.45) is 17.6 Å². The van der Waals surface area contributed by atoms with Crippen molar-refractivity contribution in [3.63, 3.8) is 0 Å². The number of aromatic nitrogens is 2. The number of fused-ring (bicyclic) bond motifs is 5. The number of nitrogens with two attached hydrogens (primary N) is 1. The number of halogens is 2. The molecule has 6 rings (SSSR count). The van der Waals surface area contributed by atoms with Crippen molar-refractivity contribution in [1.29, 1.82) is 0 Å². The fraction of sp³-hybridized carbons (Fsp3) is 0.667. The molecular formula is C21H24F2N4O2S. The highest BCUT2D eigenvalue weighted by molar-refractivity contribution is 7.19. The summed E-state index contributed by atoms with van der Waals surface area (Å²) in [5.41, 5.74) is 6.75.